The molecule has 3 rings (SSSR count). The number of amides is 2. The van der Waals surface area contributed by atoms with E-state index < -0.39 is 0 Å². The minimum absolute atomic E-state index is 0.0224. The predicted octanol–water partition coefficient (Wildman–Crippen LogP) is 4.28. The van der Waals surface area contributed by atoms with Crippen molar-refractivity contribution in [3.8, 4) is 5.75 Å². The molecule has 0 saturated heterocycles. The van der Waals surface area contributed by atoms with E-state index in [9.17, 15) is 9.59 Å². The number of para-hydroxylation sites is 1. The normalized spacial score (nSPS) is 23.4. The maximum absolute atomic E-state index is 13.4. The topological polar surface area (TPSA) is 59.1 Å². The van der Waals surface area contributed by atoms with Gasteiger partial charge < -0.3 is 19.3 Å². The second-order valence-corrected chi connectivity index (χ2v) is 8.73. The van der Waals surface area contributed by atoms with E-state index in [1.54, 1.807) is 7.11 Å². The summed E-state index contributed by atoms with van der Waals surface area (Å²) >= 11 is 0. The van der Waals surface area contributed by atoms with Crippen LogP contribution >= 0.6 is 0 Å². The van der Waals surface area contributed by atoms with Crippen LogP contribution in [0.15, 0.2) is 24.3 Å². The van der Waals surface area contributed by atoms with Crippen LogP contribution in [0.25, 0.3) is 0 Å². The number of nitrogens with zero attached hydrogens (tertiary/aromatic N) is 2. The molecule has 2 atom stereocenters. The summed E-state index contributed by atoms with van der Waals surface area (Å²) in [4.78, 5) is 30.2. The van der Waals surface area contributed by atoms with Crippen molar-refractivity contribution in [2.75, 3.05) is 33.4 Å². The van der Waals surface area contributed by atoms with E-state index in [0.717, 1.165) is 77.4 Å². The molecule has 1 aliphatic heterocycles. The summed E-state index contributed by atoms with van der Waals surface area (Å²) in [5.74, 6) is 0.726. The Balaban J connectivity index is 1.92. The largest absolute Gasteiger partial charge is 0.487 e. The first-order valence-electron chi connectivity index (χ1n) is 12.0. The summed E-state index contributed by atoms with van der Waals surface area (Å²) in [5.41, 5.74) is 0.632. The van der Waals surface area contributed by atoms with Gasteiger partial charge in [0, 0.05) is 26.7 Å². The second kappa shape index (κ2) is 12.1. The summed E-state index contributed by atoms with van der Waals surface area (Å²) in [6.45, 7) is 4.48. The molecule has 2 amide bonds. The number of ether oxygens (including phenoxy) is 2. The Labute approximate surface area is 186 Å². The van der Waals surface area contributed by atoms with Crippen LogP contribution in [0.2, 0.25) is 0 Å². The maximum Gasteiger partial charge on any atom is 0.257 e. The molecule has 0 aromatic heterocycles. The van der Waals surface area contributed by atoms with Crippen molar-refractivity contribution >= 4 is 11.8 Å². The lowest BCUT2D eigenvalue weighted by Crippen LogP contribution is -2.52. The lowest BCUT2D eigenvalue weighted by Gasteiger charge is -2.40. The molecule has 31 heavy (non-hydrogen) atoms. The van der Waals surface area contributed by atoms with Gasteiger partial charge in [0.1, 0.15) is 18.5 Å². The van der Waals surface area contributed by atoms with Crippen molar-refractivity contribution in [1.82, 2.24) is 9.80 Å². The number of hydrogen-bond donors (Lipinski definition) is 0. The Hall–Kier alpha value is -2.08. The minimum Gasteiger partial charge on any atom is -0.487 e. The van der Waals surface area contributed by atoms with Gasteiger partial charge in [-0.2, -0.15) is 0 Å². The van der Waals surface area contributed by atoms with Gasteiger partial charge in [0.2, 0.25) is 5.91 Å². The quantitative estimate of drug-likeness (QED) is 0.715. The van der Waals surface area contributed by atoms with Crippen LogP contribution in [0.1, 0.15) is 75.1 Å². The monoisotopic (exact) mass is 430 g/mol. The number of carbonyl (C=O) groups is 2. The second-order valence-electron chi connectivity index (χ2n) is 8.73. The summed E-state index contributed by atoms with van der Waals surface area (Å²) in [5, 5.41) is 0. The fourth-order valence-corrected chi connectivity index (χ4v) is 4.86. The zero-order valence-electron chi connectivity index (χ0n) is 19.2. The summed E-state index contributed by atoms with van der Waals surface area (Å²) in [7, 11) is 1.57. The van der Waals surface area contributed by atoms with Crippen molar-refractivity contribution in [1.29, 1.82) is 0 Å². The third-order valence-electron chi connectivity index (χ3n) is 6.41. The average molecular weight is 431 g/mol. The number of benzene rings is 1. The molecular formula is C25H38N2O4. The Morgan fingerprint density at radius 3 is 2.58 bits per heavy atom. The number of hydrogen-bond acceptors (Lipinski definition) is 4. The molecule has 1 fully saturated rings. The highest BCUT2D eigenvalue weighted by Gasteiger charge is 2.35. The lowest BCUT2D eigenvalue weighted by atomic mass is 9.90. The van der Waals surface area contributed by atoms with Gasteiger partial charge in [0.05, 0.1) is 11.6 Å². The third kappa shape index (κ3) is 6.22. The molecule has 0 spiro atoms. The molecule has 1 heterocycles. The maximum atomic E-state index is 13.4. The van der Waals surface area contributed by atoms with E-state index in [0.29, 0.717) is 11.3 Å². The molecule has 1 aliphatic carbocycles. The van der Waals surface area contributed by atoms with Crippen LogP contribution in [0.3, 0.4) is 0 Å². The van der Waals surface area contributed by atoms with Crippen LogP contribution in [0.4, 0.5) is 0 Å². The third-order valence-corrected chi connectivity index (χ3v) is 6.41. The van der Waals surface area contributed by atoms with Crippen LogP contribution in [-0.2, 0) is 9.53 Å². The van der Waals surface area contributed by atoms with Crippen LogP contribution < -0.4 is 4.74 Å². The van der Waals surface area contributed by atoms with Crippen molar-refractivity contribution in [2.24, 2.45) is 0 Å². The predicted molar refractivity (Wildman–Crippen MR) is 121 cm³/mol. The van der Waals surface area contributed by atoms with Gasteiger partial charge in [-0.25, -0.2) is 0 Å². The van der Waals surface area contributed by atoms with Gasteiger partial charge in [0.15, 0.2) is 0 Å². The van der Waals surface area contributed by atoms with Crippen molar-refractivity contribution < 1.29 is 19.1 Å². The average Bonchev–Trinajstić information content (AvgIpc) is 2.78. The highest BCUT2D eigenvalue weighted by Crippen LogP contribution is 2.30. The van der Waals surface area contributed by atoms with E-state index in [2.05, 4.69) is 6.92 Å². The standard InChI is InChI=1S/C25H38N2O4/c1-3-16-26-17-10-4-5-11-18-27(24(28)19-30-2)21-13-7-9-15-23(21)31-22-14-8-6-12-20(22)25(26)29/h6,8,12,14,21,23H,3-5,7,9-11,13,15-19H2,1-2H3/t21-,23+/m1/s1. The molecule has 0 unspecified atom stereocenters. The highest BCUT2D eigenvalue weighted by molar-refractivity contribution is 5.97. The van der Waals surface area contributed by atoms with Gasteiger partial charge in [-0.15, -0.1) is 0 Å². The van der Waals surface area contributed by atoms with E-state index in [-0.39, 0.29) is 30.6 Å². The summed E-state index contributed by atoms with van der Waals surface area (Å²) in [6, 6.07) is 7.62. The molecule has 172 valence electrons. The van der Waals surface area contributed by atoms with Crippen molar-refractivity contribution in [2.45, 2.75) is 76.9 Å². The van der Waals surface area contributed by atoms with Gasteiger partial charge >= 0.3 is 0 Å². The summed E-state index contributed by atoms with van der Waals surface area (Å²) in [6.07, 6.45) is 8.88. The fraction of sp³-hybridized carbons (Fsp3) is 0.680. The Morgan fingerprint density at radius 1 is 1.06 bits per heavy atom. The Bertz CT molecular complexity index is 723. The number of carbonyl (C=O) groups excluding carboxylic acids is 2. The van der Waals surface area contributed by atoms with E-state index >= 15 is 0 Å². The molecule has 0 radical (unpaired) electrons. The minimum atomic E-state index is -0.105. The molecule has 1 aromatic rings. The lowest BCUT2D eigenvalue weighted by molar-refractivity contribution is -0.140. The van der Waals surface area contributed by atoms with Crippen molar-refractivity contribution in [3.05, 3.63) is 29.8 Å². The van der Waals surface area contributed by atoms with Gasteiger partial charge in [-0.1, -0.05) is 38.3 Å². The zero-order valence-corrected chi connectivity index (χ0v) is 19.2. The van der Waals surface area contributed by atoms with Crippen LogP contribution in [0, 0.1) is 0 Å². The molecule has 1 aromatic carbocycles. The fourth-order valence-electron chi connectivity index (χ4n) is 4.86. The SMILES string of the molecule is CCCN1CCCCCCN(C(=O)COC)[C@@H]2CCCC[C@@H]2Oc2ccccc2C1=O. The van der Waals surface area contributed by atoms with Crippen LogP contribution in [-0.4, -0.2) is 67.1 Å². The Kier molecular flexibility index (Phi) is 9.19. The van der Waals surface area contributed by atoms with Crippen LogP contribution in [0.5, 0.6) is 5.75 Å². The van der Waals surface area contributed by atoms with E-state index in [1.165, 1.54) is 0 Å². The van der Waals surface area contributed by atoms with Gasteiger partial charge in [0.25, 0.3) is 5.91 Å². The summed E-state index contributed by atoms with van der Waals surface area (Å²) < 4.78 is 11.7. The molecule has 0 bridgehead atoms. The van der Waals surface area contributed by atoms with Gasteiger partial charge in [-0.05, 0) is 50.7 Å². The first kappa shape index (κ1) is 23.6. The number of methoxy groups -OCH3 is 1. The smallest absolute Gasteiger partial charge is 0.257 e. The molecule has 1 saturated carbocycles. The first-order chi connectivity index (χ1) is 15.2. The highest BCUT2D eigenvalue weighted by atomic mass is 16.5. The molecule has 6 nitrogen and oxygen atoms in total. The molecule has 2 aliphatic rings. The number of rotatable bonds is 4. The Morgan fingerprint density at radius 2 is 1.81 bits per heavy atom. The van der Waals surface area contributed by atoms with Gasteiger partial charge in [-0.3, -0.25) is 9.59 Å². The van der Waals surface area contributed by atoms with E-state index in [1.807, 2.05) is 34.1 Å². The number of fused-ring (bicyclic) bond motifs is 2. The molecular weight excluding hydrogens is 392 g/mol. The van der Waals surface area contributed by atoms with E-state index in [4.69, 9.17) is 9.47 Å². The molecule has 0 N–H and O–H groups in total. The first-order valence-corrected chi connectivity index (χ1v) is 12.0. The van der Waals surface area contributed by atoms with Crippen molar-refractivity contribution in [3.63, 3.8) is 0 Å². The molecule has 6 heteroatoms. The zero-order chi connectivity index (χ0) is 22.1.